The second kappa shape index (κ2) is 15.1. The molecule has 2 atom stereocenters. The molecule has 3 aliphatic rings. The average molecular weight is 771 g/mol. The lowest BCUT2D eigenvalue weighted by atomic mass is 9.85. The van der Waals surface area contributed by atoms with E-state index in [1.54, 1.807) is 76.8 Å². The Morgan fingerprint density at radius 1 is 0.927 bits per heavy atom. The highest BCUT2D eigenvalue weighted by Gasteiger charge is 2.46. The van der Waals surface area contributed by atoms with E-state index in [1.807, 2.05) is 19.2 Å². The number of halogens is 1. The maximum absolute atomic E-state index is 13.0. The summed E-state index contributed by atoms with van der Waals surface area (Å²) in [5.41, 5.74) is 5.55. The van der Waals surface area contributed by atoms with Gasteiger partial charge in [0.1, 0.15) is 17.4 Å². The molecule has 0 saturated heterocycles. The maximum Gasteiger partial charge on any atom is 0.343 e. The van der Waals surface area contributed by atoms with Crippen LogP contribution in [0.3, 0.4) is 0 Å². The highest BCUT2D eigenvalue weighted by atomic mass is 35.5. The van der Waals surface area contributed by atoms with E-state index in [0.717, 1.165) is 29.7 Å². The molecule has 4 aromatic carbocycles. The van der Waals surface area contributed by atoms with Crippen LogP contribution >= 0.6 is 11.6 Å². The van der Waals surface area contributed by atoms with Crippen molar-refractivity contribution in [2.75, 3.05) is 48.8 Å². The molecule has 0 fully saturated rings. The number of carboxylic acid groups (broad SMARTS) is 1. The van der Waals surface area contributed by atoms with E-state index < -0.39 is 18.0 Å². The van der Waals surface area contributed by atoms with Gasteiger partial charge in [0.25, 0.3) is 5.91 Å². The highest BCUT2D eigenvalue weighted by molar-refractivity contribution is 6.30. The zero-order chi connectivity index (χ0) is 39.1. The summed E-state index contributed by atoms with van der Waals surface area (Å²) < 4.78 is 40.6. The summed E-state index contributed by atoms with van der Waals surface area (Å²) >= 11 is 5.89. The van der Waals surface area contributed by atoms with Crippen molar-refractivity contribution in [3.8, 4) is 34.5 Å². The summed E-state index contributed by atoms with van der Waals surface area (Å²) in [6.07, 6.45) is 0.135. The standard InChI is InChI=1S/C22H23NO7.C19H16ClNO4/c1-23-8-7-11-9-14-20(29-10-28-14)21(27-4)15(11)17(23)18-12-5-6-13(25-2)19(26-3)16(12)22(24)30-18;1-11-15(10-18(22)23)16-9-14(25-2)7-8-17(16)21(11)19(24)12-3-5-13(20)6-4-12/h5-6,9,17-18H,7-8,10H2,1-4H3;3-9H,10H2,1-2H3,(H,22,23)/t17-,18+;/m1./s1. The number of esters is 1. The first-order valence-corrected chi connectivity index (χ1v) is 17.7. The van der Waals surface area contributed by atoms with Crippen LogP contribution in [-0.2, 0) is 22.4 Å². The number of carbonyl (C=O) groups is 3. The molecule has 0 aliphatic carbocycles. The molecule has 1 N–H and O–H groups in total. The largest absolute Gasteiger partial charge is 0.497 e. The molecule has 0 amide bonds. The van der Waals surface area contributed by atoms with E-state index in [2.05, 4.69) is 4.90 Å². The van der Waals surface area contributed by atoms with Crippen LogP contribution in [-0.4, -0.2) is 81.2 Å². The molecule has 4 heterocycles. The van der Waals surface area contributed by atoms with E-state index in [4.69, 9.17) is 44.8 Å². The van der Waals surface area contributed by atoms with Crippen LogP contribution in [0.15, 0.2) is 60.7 Å². The predicted molar refractivity (Wildman–Crippen MR) is 202 cm³/mol. The van der Waals surface area contributed by atoms with Gasteiger partial charge in [-0.3, -0.25) is 19.1 Å². The summed E-state index contributed by atoms with van der Waals surface area (Å²) in [6.45, 7) is 2.71. The average Bonchev–Trinajstić information content (AvgIpc) is 3.87. The van der Waals surface area contributed by atoms with Gasteiger partial charge in [-0.1, -0.05) is 17.7 Å². The third-order valence-electron chi connectivity index (χ3n) is 10.2. The number of fused-ring (bicyclic) bond motifs is 4. The fraction of sp³-hybridized carbons (Fsp3) is 0.293. The predicted octanol–water partition coefficient (Wildman–Crippen LogP) is 6.81. The van der Waals surface area contributed by atoms with Gasteiger partial charge in [-0.05, 0) is 86.1 Å². The molecule has 13 nitrogen and oxygen atoms in total. The van der Waals surface area contributed by atoms with Gasteiger partial charge in [-0.2, -0.15) is 0 Å². The van der Waals surface area contributed by atoms with Gasteiger partial charge in [0.15, 0.2) is 23.0 Å². The van der Waals surface area contributed by atoms with Gasteiger partial charge in [-0.15, -0.1) is 0 Å². The zero-order valence-corrected chi connectivity index (χ0v) is 31.8. The monoisotopic (exact) mass is 770 g/mol. The van der Waals surface area contributed by atoms with Gasteiger partial charge in [0.05, 0.1) is 46.4 Å². The number of carboxylic acids is 1. The van der Waals surface area contributed by atoms with Crippen molar-refractivity contribution in [3.05, 3.63) is 105 Å². The Bertz CT molecular complexity index is 2340. The van der Waals surface area contributed by atoms with Crippen LogP contribution in [0.5, 0.6) is 34.5 Å². The number of aromatic nitrogens is 1. The van der Waals surface area contributed by atoms with Gasteiger partial charge in [0.2, 0.25) is 12.5 Å². The molecule has 14 heteroatoms. The Balaban J connectivity index is 0.000000172. The lowest BCUT2D eigenvalue weighted by molar-refractivity contribution is -0.136. The Morgan fingerprint density at radius 3 is 2.35 bits per heavy atom. The molecule has 1 aromatic heterocycles. The number of rotatable bonds is 8. The van der Waals surface area contributed by atoms with E-state index in [-0.39, 0.29) is 25.2 Å². The van der Waals surface area contributed by atoms with E-state index in [0.29, 0.717) is 72.8 Å². The summed E-state index contributed by atoms with van der Waals surface area (Å²) in [5, 5.41) is 10.5. The Morgan fingerprint density at radius 2 is 1.67 bits per heavy atom. The van der Waals surface area contributed by atoms with Crippen LogP contribution in [0.25, 0.3) is 10.9 Å². The van der Waals surface area contributed by atoms with E-state index in [1.165, 1.54) is 11.7 Å². The molecule has 8 rings (SSSR count). The molecule has 3 aliphatic heterocycles. The first kappa shape index (κ1) is 37.4. The molecule has 5 aromatic rings. The zero-order valence-electron chi connectivity index (χ0n) is 31.1. The maximum atomic E-state index is 13.0. The van der Waals surface area contributed by atoms with Crippen LogP contribution in [0.4, 0.5) is 0 Å². The summed E-state index contributed by atoms with van der Waals surface area (Å²) in [4.78, 5) is 39.3. The second-order valence-electron chi connectivity index (χ2n) is 13.1. The molecule has 55 heavy (non-hydrogen) atoms. The first-order valence-electron chi connectivity index (χ1n) is 17.4. The number of methoxy groups -OCH3 is 4. The molecule has 0 saturated carbocycles. The number of carbonyl (C=O) groups excluding carboxylic acids is 2. The molecule has 0 unspecified atom stereocenters. The SMILES string of the molecule is COc1ccc2c(c1)c(CC(=O)O)c(C)n2C(=O)c1ccc(Cl)cc1.COc1ccc2c(c1OC)C(=O)O[C@@H]2[C@H]1c2c(cc3c(c2OC)OCO3)CCN1C. The van der Waals surface area contributed by atoms with Crippen LogP contribution in [0.1, 0.15) is 60.8 Å². The molecular formula is C41H39ClN2O11. The smallest absolute Gasteiger partial charge is 0.343 e. The number of ether oxygens (including phenoxy) is 7. The van der Waals surface area contributed by atoms with Crippen molar-refractivity contribution in [3.63, 3.8) is 0 Å². The van der Waals surface area contributed by atoms with Crippen LogP contribution in [0.2, 0.25) is 5.02 Å². The second-order valence-corrected chi connectivity index (χ2v) is 13.6. The molecule has 0 bridgehead atoms. The molecule has 0 spiro atoms. The van der Waals surface area contributed by atoms with Crippen LogP contribution < -0.4 is 28.4 Å². The van der Waals surface area contributed by atoms with Gasteiger partial charge >= 0.3 is 11.9 Å². The third kappa shape index (κ3) is 6.53. The molecule has 0 radical (unpaired) electrons. The Kier molecular flexibility index (Phi) is 10.3. The minimum atomic E-state index is -0.955. The normalized spacial score (nSPS) is 16.7. The lowest BCUT2D eigenvalue weighted by Gasteiger charge is -2.38. The minimum Gasteiger partial charge on any atom is -0.497 e. The number of aliphatic carboxylic acids is 1. The Hall–Kier alpha value is -5.92. The van der Waals surface area contributed by atoms with Gasteiger partial charge in [-0.25, -0.2) is 4.79 Å². The number of nitrogens with zero attached hydrogens (tertiary/aromatic N) is 2. The Labute approximate surface area is 321 Å². The number of benzene rings is 4. The van der Waals surface area contributed by atoms with Crippen molar-refractivity contribution in [1.82, 2.24) is 9.47 Å². The quantitative estimate of drug-likeness (QED) is 0.166. The van der Waals surface area contributed by atoms with E-state index in [9.17, 15) is 19.5 Å². The van der Waals surface area contributed by atoms with Crippen molar-refractivity contribution < 1.29 is 52.6 Å². The summed E-state index contributed by atoms with van der Waals surface area (Å²) in [6, 6.07) is 17.3. The van der Waals surface area contributed by atoms with Gasteiger partial charge < -0.3 is 38.3 Å². The topological polar surface area (TPSA) is 144 Å². The molecule has 286 valence electrons. The fourth-order valence-corrected chi connectivity index (χ4v) is 7.78. The van der Waals surface area contributed by atoms with Crippen molar-refractivity contribution >= 4 is 40.3 Å². The number of hydrogen-bond acceptors (Lipinski definition) is 11. The lowest BCUT2D eigenvalue weighted by Crippen LogP contribution is -2.36. The highest BCUT2D eigenvalue weighted by Crippen LogP contribution is 2.55. The van der Waals surface area contributed by atoms with Gasteiger partial charge in [0, 0.05) is 39.3 Å². The van der Waals surface area contributed by atoms with E-state index >= 15 is 0 Å². The number of hydrogen-bond donors (Lipinski definition) is 1. The minimum absolute atomic E-state index is 0.160. The van der Waals surface area contributed by atoms with Crippen molar-refractivity contribution in [2.24, 2.45) is 0 Å². The fourth-order valence-electron chi connectivity index (χ4n) is 7.66. The summed E-state index contributed by atoms with van der Waals surface area (Å²) in [7, 11) is 8.24. The van der Waals surface area contributed by atoms with Crippen molar-refractivity contribution in [2.45, 2.75) is 31.9 Å². The van der Waals surface area contributed by atoms with Crippen molar-refractivity contribution in [1.29, 1.82) is 0 Å². The number of likely N-dealkylation sites (N-methyl/N-ethyl adjacent to an activating group) is 1. The van der Waals surface area contributed by atoms with Crippen LogP contribution in [0, 0.1) is 6.92 Å². The third-order valence-corrected chi connectivity index (χ3v) is 10.5. The molecular weight excluding hydrogens is 732 g/mol. The summed E-state index contributed by atoms with van der Waals surface area (Å²) in [5.74, 6) is 1.77. The first-order chi connectivity index (χ1) is 26.5. The number of cyclic esters (lactones) is 1.